The second-order valence-electron chi connectivity index (χ2n) is 3.39. The molecule has 0 aromatic rings. The number of carbonyl (C=O) groups excluding carboxylic acids is 1. The second kappa shape index (κ2) is 8.75. The fraction of sp³-hybridized carbons (Fsp3) is 0.727. The van der Waals surface area contributed by atoms with Gasteiger partial charge in [0.25, 0.3) is 0 Å². The molecule has 1 amide bonds. The van der Waals surface area contributed by atoms with E-state index in [1.165, 1.54) is 0 Å². The Kier molecular flexibility index (Phi) is 8.24. The van der Waals surface area contributed by atoms with Crippen LogP contribution in [-0.2, 0) is 4.79 Å². The molecule has 0 fully saturated rings. The smallest absolute Gasteiger partial charge is 0.243 e. The minimum absolute atomic E-state index is 0.0105. The molecule has 0 aliphatic heterocycles. The zero-order valence-electron chi connectivity index (χ0n) is 9.55. The van der Waals surface area contributed by atoms with Gasteiger partial charge in [-0.2, -0.15) is 0 Å². The molecular weight excluding hydrogens is 176 g/mol. The molecule has 0 spiro atoms. The first kappa shape index (κ1) is 13.2. The van der Waals surface area contributed by atoms with E-state index in [-0.39, 0.29) is 5.91 Å². The molecule has 14 heavy (non-hydrogen) atoms. The number of carbonyl (C=O) groups is 1. The van der Waals surface area contributed by atoms with E-state index < -0.39 is 0 Å². The highest BCUT2D eigenvalue weighted by molar-refractivity contribution is 5.87. The molecule has 0 aliphatic rings. The highest BCUT2D eigenvalue weighted by atomic mass is 16.1. The molecule has 0 aliphatic carbocycles. The largest absolute Gasteiger partial charge is 0.353 e. The highest BCUT2D eigenvalue weighted by Crippen LogP contribution is 1.90. The molecule has 82 valence electrons. The van der Waals surface area contributed by atoms with Gasteiger partial charge in [-0.1, -0.05) is 13.0 Å². The zero-order valence-corrected chi connectivity index (χ0v) is 9.55. The summed E-state index contributed by atoms with van der Waals surface area (Å²) >= 11 is 0. The minimum atomic E-state index is 0.0105. The third-order valence-corrected chi connectivity index (χ3v) is 2.12. The van der Waals surface area contributed by atoms with Crippen LogP contribution in [0, 0.1) is 0 Å². The molecule has 1 N–H and O–H groups in total. The Morgan fingerprint density at radius 2 is 2.14 bits per heavy atom. The summed E-state index contributed by atoms with van der Waals surface area (Å²) < 4.78 is 0. The van der Waals surface area contributed by atoms with Gasteiger partial charge in [-0.15, -0.1) is 0 Å². The lowest BCUT2D eigenvalue weighted by Crippen LogP contribution is -2.24. The lowest BCUT2D eigenvalue weighted by Gasteiger charge is -2.12. The summed E-state index contributed by atoms with van der Waals surface area (Å²) in [5, 5.41) is 2.83. The first-order valence-corrected chi connectivity index (χ1v) is 5.29. The summed E-state index contributed by atoms with van der Waals surface area (Å²) in [5.74, 6) is 0.0105. The van der Waals surface area contributed by atoms with E-state index in [9.17, 15) is 4.79 Å². The van der Waals surface area contributed by atoms with Crippen LogP contribution < -0.4 is 5.32 Å². The van der Waals surface area contributed by atoms with Gasteiger partial charge in [0, 0.05) is 6.54 Å². The van der Waals surface area contributed by atoms with Crippen molar-refractivity contribution in [1.29, 1.82) is 0 Å². The van der Waals surface area contributed by atoms with Gasteiger partial charge in [0.2, 0.25) is 5.91 Å². The van der Waals surface area contributed by atoms with E-state index in [1.807, 2.05) is 6.92 Å². The lowest BCUT2D eigenvalue weighted by atomic mass is 10.3. The molecule has 0 unspecified atom stereocenters. The van der Waals surface area contributed by atoms with Crippen molar-refractivity contribution in [2.45, 2.75) is 26.7 Å². The number of unbranched alkanes of at least 4 members (excludes halogenated alkanes) is 1. The molecule has 0 radical (unpaired) electrons. The topological polar surface area (TPSA) is 32.3 Å². The number of hydrogen-bond acceptors (Lipinski definition) is 2. The van der Waals surface area contributed by atoms with Gasteiger partial charge in [0.15, 0.2) is 0 Å². The van der Waals surface area contributed by atoms with E-state index in [0.717, 1.165) is 32.5 Å². The molecule has 0 aromatic heterocycles. The first-order valence-electron chi connectivity index (χ1n) is 5.29. The van der Waals surface area contributed by atoms with Crippen LogP contribution in [0.3, 0.4) is 0 Å². The maximum Gasteiger partial charge on any atom is 0.243 e. The number of hydrogen-bond donors (Lipinski definition) is 1. The molecule has 0 atom stereocenters. The number of nitrogens with one attached hydrogen (secondary N) is 1. The molecule has 0 heterocycles. The van der Waals surface area contributed by atoms with Crippen molar-refractivity contribution in [3.63, 3.8) is 0 Å². The van der Waals surface area contributed by atoms with Gasteiger partial charge in [0.1, 0.15) is 0 Å². The quantitative estimate of drug-likeness (QED) is 0.495. The summed E-state index contributed by atoms with van der Waals surface area (Å²) in [5.41, 5.74) is 0. The number of allylic oxidation sites excluding steroid dienone is 1. The standard InChI is InChI=1S/C11H22N2O/c1-4-8-11(14)12-9-6-7-10-13(3)5-2/h4,8H,5-7,9-10H2,1-3H3,(H,12,14)/b8-4+. The van der Waals surface area contributed by atoms with Crippen molar-refractivity contribution in [1.82, 2.24) is 10.2 Å². The van der Waals surface area contributed by atoms with Crippen molar-refractivity contribution >= 4 is 5.91 Å². The summed E-state index contributed by atoms with van der Waals surface area (Å²) in [7, 11) is 2.11. The van der Waals surface area contributed by atoms with Gasteiger partial charge in [-0.3, -0.25) is 4.79 Å². The Morgan fingerprint density at radius 1 is 1.43 bits per heavy atom. The number of nitrogens with zero attached hydrogens (tertiary/aromatic N) is 1. The molecular formula is C11H22N2O. The molecule has 0 bridgehead atoms. The zero-order chi connectivity index (χ0) is 10.8. The third-order valence-electron chi connectivity index (χ3n) is 2.12. The Bertz CT molecular complexity index is 178. The van der Waals surface area contributed by atoms with Crippen LogP contribution in [0.4, 0.5) is 0 Å². The van der Waals surface area contributed by atoms with E-state index in [2.05, 4.69) is 24.2 Å². The molecule has 0 saturated heterocycles. The predicted octanol–water partition coefficient (Wildman–Crippen LogP) is 1.41. The van der Waals surface area contributed by atoms with Crippen LogP contribution in [-0.4, -0.2) is 37.5 Å². The molecule has 0 rings (SSSR count). The summed E-state index contributed by atoms with van der Waals surface area (Å²) in [6, 6.07) is 0. The van der Waals surface area contributed by atoms with Crippen LogP contribution >= 0.6 is 0 Å². The number of rotatable bonds is 7. The Morgan fingerprint density at radius 3 is 2.71 bits per heavy atom. The fourth-order valence-corrected chi connectivity index (χ4v) is 1.09. The van der Waals surface area contributed by atoms with Gasteiger partial charge >= 0.3 is 0 Å². The monoisotopic (exact) mass is 198 g/mol. The molecule has 0 aromatic carbocycles. The molecule has 0 saturated carbocycles. The third kappa shape index (κ3) is 7.80. The average molecular weight is 198 g/mol. The van der Waals surface area contributed by atoms with Crippen LogP contribution in [0.25, 0.3) is 0 Å². The molecule has 3 nitrogen and oxygen atoms in total. The van der Waals surface area contributed by atoms with E-state index in [1.54, 1.807) is 12.2 Å². The Hall–Kier alpha value is -0.830. The van der Waals surface area contributed by atoms with Crippen molar-refractivity contribution < 1.29 is 4.79 Å². The summed E-state index contributed by atoms with van der Waals surface area (Å²) in [4.78, 5) is 13.3. The van der Waals surface area contributed by atoms with Crippen LogP contribution in [0.15, 0.2) is 12.2 Å². The van der Waals surface area contributed by atoms with Gasteiger partial charge < -0.3 is 10.2 Å². The van der Waals surface area contributed by atoms with Crippen molar-refractivity contribution in [2.24, 2.45) is 0 Å². The Balaban J connectivity index is 3.25. The van der Waals surface area contributed by atoms with Crippen molar-refractivity contribution in [2.75, 3.05) is 26.7 Å². The Labute approximate surface area is 87.2 Å². The van der Waals surface area contributed by atoms with E-state index in [4.69, 9.17) is 0 Å². The van der Waals surface area contributed by atoms with Crippen LogP contribution in [0.5, 0.6) is 0 Å². The van der Waals surface area contributed by atoms with E-state index >= 15 is 0 Å². The second-order valence-corrected chi connectivity index (χ2v) is 3.39. The van der Waals surface area contributed by atoms with Crippen molar-refractivity contribution in [3.8, 4) is 0 Å². The first-order chi connectivity index (χ1) is 6.70. The van der Waals surface area contributed by atoms with Gasteiger partial charge in [-0.05, 0) is 46.0 Å². The SMILES string of the molecule is C/C=C/C(=O)NCCCCN(C)CC. The summed E-state index contributed by atoms with van der Waals surface area (Å²) in [6.45, 7) is 6.96. The van der Waals surface area contributed by atoms with Gasteiger partial charge in [-0.25, -0.2) is 0 Å². The van der Waals surface area contributed by atoms with Gasteiger partial charge in [0.05, 0.1) is 0 Å². The van der Waals surface area contributed by atoms with E-state index in [0.29, 0.717) is 0 Å². The maximum absolute atomic E-state index is 11.0. The average Bonchev–Trinajstić information content (AvgIpc) is 2.17. The maximum atomic E-state index is 11.0. The minimum Gasteiger partial charge on any atom is -0.353 e. The summed E-state index contributed by atoms with van der Waals surface area (Å²) in [6.07, 6.45) is 5.49. The van der Waals surface area contributed by atoms with Crippen LogP contribution in [0.2, 0.25) is 0 Å². The fourth-order valence-electron chi connectivity index (χ4n) is 1.09. The predicted molar refractivity (Wildman–Crippen MR) is 60.2 cm³/mol. The normalized spacial score (nSPS) is 11.1. The molecule has 3 heteroatoms. The highest BCUT2D eigenvalue weighted by Gasteiger charge is 1.95. The van der Waals surface area contributed by atoms with Crippen molar-refractivity contribution in [3.05, 3.63) is 12.2 Å². The lowest BCUT2D eigenvalue weighted by molar-refractivity contribution is -0.116. The number of amides is 1. The van der Waals surface area contributed by atoms with Crippen LogP contribution in [0.1, 0.15) is 26.7 Å².